The summed E-state index contributed by atoms with van der Waals surface area (Å²) in [4.78, 5) is 37.8. The SMILES string of the molecule is CCCCC(=O)Cc1ccc(NC(=O)Cc2ccc(Cc3ncnc4c3ncn4[C@@H]3O[C@H](CO)[C@@H](O)[C@H]3O)cc2)cc1. The van der Waals surface area contributed by atoms with Crippen LogP contribution in [0.4, 0.5) is 5.69 Å². The number of hydrogen-bond donors (Lipinski definition) is 4. The molecule has 11 heteroatoms. The van der Waals surface area contributed by atoms with E-state index in [2.05, 4.69) is 27.2 Å². The van der Waals surface area contributed by atoms with Crippen molar-refractivity contribution in [3.8, 4) is 0 Å². The lowest BCUT2D eigenvalue weighted by atomic mass is 10.0. The monoisotopic (exact) mass is 573 g/mol. The first-order valence-corrected chi connectivity index (χ1v) is 14.1. The minimum Gasteiger partial charge on any atom is -0.394 e. The van der Waals surface area contributed by atoms with Crippen LogP contribution in [-0.2, 0) is 33.6 Å². The summed E-state index contributed by atoms with van der Waals surface area (Å²) in [5.74, 6) is 0.0921. The molecule has 4 atom stereocenters. The number of unbranched alkanes of at least 4 members (excludes halogenated alkanes) is 1. The molecule has 1 aliphatic heterocycles. The maximum absolute atomic E-state index is 12.6. The van der Waals surface area contributed by atoms with Gasteiger partial charge >= 0.3 is 0 Å². The smallest absolute Gasteiger partial charge is 0.228 e. The molecular formula is C31H35N5O6. The number of ether oxygens (including phenoxy) is 1. The van der Waals surface area contributed by atoms with Crippen LogP contribution in [0, 0.1) is 0 Å². The number of ketones is 1. The second-order valence-corrected chi connectivity index (χ2v) is 10.6. The molecule has 1 fully saturated rings. The van der Waals surface area contributed by atoms with Crippen molar-refractivity contribution in [3.05, 3.63) is 83.6 Å². The van der Waals surface area contributed by atoms with Crippen LogP contribution in [0.15, 0.2) is 61.2 Å². The summed E-state index contributed by atoms with van der Waals surface area (Å²) < 4.78 is 7.16. The number of aromatic nitrogens is 4. The van der Waals surface area contributed by atoms with Gasteiger partial charge in [-0.1, -0.05) is 49.7 Å². The zero-order chi connectivity index (χ0) is 29.6. The predicted molar refractivity (Wildman–Crippen MR) is 155 cm³/mol. The number of rotatable bonds is 12. The van der Waals surface area contributed by atoms with E-state index in [1.54, 1.807) is 0 Å². The third-order valence-corrected chi connectivity index (χ3v) is 7.43. The molecule has 0 saturated carbocycles. The number of nitrogens with one attached hydrogen (secondary N) is 1. The first kappa shape index (κ1) is 29.5. The van der Waals surface area contributed by atoms with Crippen molar-refractivity contribution in [2.75, 3.05) is 11.9 Å². The van der Waals surface area contributed by atoms with Gasteiger partial charge in [-0.2, -0.15) is 0 Å². The van der Waals surface area contributed by atoms with Crippen LogP contribution in [0.5, 0.6) is 0 Å². The van der Waals surface area contributed by atoms with Crippen LogP contribution < -0.4 is 5.32 Å². The number of Topliss-reactive ketones (excluding diaryl/α,β-unsaturated/α-hetero) is 1. The molecule has 0 aliphatic carbocycles. The van der Waals surface area contributed by atoms with E-state index in [9.17, 15) is 24.9 Å². The Kier molecular flexibility index (Phi) is 9.33. The van der Waals surface area contributed by atoms with Gasteiger partial charge in [-0.25, -0.2) is 15.0 Å². The highest BCUT2D eigenvalue weighted by molar-refractivity contribution is 5.92. The van der Waals surface area contributed by atoms with Gasteiger partial charge in [-0.3, -0.25) is 14.2 Å². The van der Waals surface area contributed by atoms with E-state index in [1.807, 2.05) is 48.5 Å². The van der Waals surface area contributed by atoms with E-state index >= 15 is 0 Å². The van der Waals surface area contributed by atoms with E-state index in [1.165, 1.54) is 17.2 Å². The Balaban J connectivity index is 1.18. The lowest BCUT2D eigenvalue weighted by Gasteiger charge is -2.16. The Morgan fingerprint density at radius 1 is 0.929 bits per heavy atom. The molecule has 0 bridgehead atoms. The number of carbonyl (C=O) groups is 2. The predicted octanol–water partition coefficient (Wildman–Crippen LogP) is 2.51. The van der Waals surface area contributed by atoms with Gasteiger partial charge in [0.15, 0.2) is 11.9 Å². The van der Waals surface area contributed by atoms with Crippen molar-refractivity contribution in [1.29, 1.82) is 0 Å². The van der Waals surface area contributed by atoms with Gasteiger partial charge in [0, 0.05) is 24.9 Å². The normalized spacial score (nSPS) is 20.2. The molecule has 1 aliphatic rings. The third kappa shape index (κ3) is 6.71. The molecule has 4 aromatic rings. The van der Waals surface area contributed by atoms with Crippen molar-refractivity contribution in [2.45, 2.75) is 70.0 Å². The van der Waals surface area contributed by atoms with Crippen molar-refractivity contribution < 1.29 is 29.6 Å². The van der Waals surface area contributed by atoms with Gasteiger partial charge < -0.3 is 25.4 Å². The summed E-state index contributed by atoms with van der Waals surface area (Å²) in [5, 5.41) is 32.8. The van der Waals surface area contributed by atoms with Crippen molar-refractivity contribution >= 4 is 28.5 Å². The largest absolute Gasteiger partial charge is 0.394 e. The Morgan fingerprint density at radius 2 is 1.62 bits per heavy atom. The zero-order valence-corrected chi connectivity index (χ0v) is 23.4. The molecular weight excluding hydrogens is 538 g/mol. The number of imidazole rings is 1. The molecule has 220 valence electrons. The van der Waals surface area contributed by atoms with E-state index in [4.69, 9.17) is 4.74 Å². The van der Waals surface area contributed by atoms with Crippen LogP contribution >= 0.6 is 0 Å². The number of benzene rings is 2. The molecule has 2 aromatic carbocycles. The first-order valence-electron chi connectivity index (χ1n) is 14.1. The van der Waals surface area contributed by atoms with Gasteiger partial charge in [-0.15, -0.1) is 0 Å². The summed E-state index contributed by atoms with van der Waals surface area (Å²) in [6.07, 6.45) is 2.18. The highest BCUT2D eigenvalue weighted by atomic mass is 16.6. The van der Waals surface area contributed by atoms with Gasteiger partial charge in [0.25, 0.3) is 0 Å². The van der Waals surface area contributed by atoms with E-state index in [0.717, 1.165) is 29.5 Å². The Bertz CT molecular complexity index is 1520. The van der Waals surface area contributed by atoms with Crippen LogP contribution in [0.25, 0.3) is 11.2 Å². The highest BCUT2D eigenvalue weighted by Gasteiger charge is 2.44. The summed E-state index contributed by atoms with van der Waals surface area (Å²) >= 11 is 0. The standard InChI is InChI=1S/C31H35N5O6/c1-2-3-4-23(38)13-19-9-11-22(12-10-19)35-26(39)15-21-7-5-20(6-8-21)14-24-27-30(33-17-32-24)36(18-34-27)31-29(41)28(40)25(16-37)42-31/h5-12,17-18,25,28-29,31,37,40-41H,2-4,13-16H2,1H3,(H,35,39)/t25-,28-,29-,31-/m1/s1. The summed E-state index contributed by atoms with van der Waals surface area (Å²) in [6, 6.07) is 15.1. The lowest BCUT2D eigenvalue weighted by Crippen LogP contribution is -2.33. The van der Waals surface area contributed by atoms with Gasteiger partial charge in [0.1, 0.15) is 35.9 Å². The molecule has 4 N–H and O–H groups in total. The molecule has 0 unspecified atom stereocenters. The van der Waals surface area contributed by atoms with E-state index in [-0.39, 0.29) is 18.1 Å². The van der Waals surface area contributed by atoms with E-state index in [0.29, 0.717) is 41.8 Å². The number of hydrogen-bond acceptors (Lipinski definition) is 9. The third-order valence-electron chi connectivity index (χ3n) is 7.43. The molecule has 0 radical (unpaired) electrons. The zero-order valence-electron chi connectivity index (χ0n) is 23.4. The highest BCUT2D eigenvalue weighted by Crippen LogP contribution is 2.31. The fourth-order valence-electron chi connectivity index (χ4n) is 5.08. The molecule has 1 amide bonds. The second kappa shape index (κ2) is 13.3. The first-order chi connectivity index (χ1) is 20.4. The second-order valence-electron chi connectivity index (χ2n) is 10.6. The number of aliphatic hydroxyl groups excluding tert-OH is 3. The Morgan fingerprint density at radius 3 is 2.31 bits per heavy atom. The number of nitrogens with zero attached hydrogens (tertiary/aromatic N) is 4. The molecule has 5 rings (SSSR count). The molecule has 3 heterocycles. The number of carbonyl (C=O) groups excluding carboxylic acids is 2. The quantitative estimate of drug-likeness (QED) is 0.200. The van der Waals surface area contributed by atoms with Crippen LogP contribution in [0.2, 0.25) is 0 Å². The Labute approximate surface area is 243 Å². The lowest BCUT2D eigenvalue weighted by molar-refractivity contribution is -0.118. The summed E-state index contributed by atoms with van der Waals surface area (Å²) in [5.41, 5.74) is 5.10. The average molecular weight is 574 g/mol. The number of anilines is 1. The van der Waals surface area contributed by atoms with Gasteiger partial charge in [0.2, 0.25) is 5.91 Å². The van der Waals surface area contributed by atoms with Gasteiger partial charge in [0.05, 0.1) is 25.0 Å². The average Bonchev–Trinajstić information content (AvgIpc) is 3.54. The number of amides is 1. The molecule has 0 spiro atoms. The molecule has 42 heavy (non-hydrogen) atoms. The summed E-state index contributed by atoms with van der Waals surface area (Å²) in [7, 11) is 0. The fraction of sp³-hybridized carbons (Fsp3) is 0.387. The minimum absolute atomic E-state index is 0.137. The van der Waals surface area contributed by atoms with Crippen molar-refractivity contribution in [3.63, 3.8) is 0 Å². The van der Waals surface area contributed by atoms with E-state index < -0.39 is 31.1 Å². The minimum atomic E-state index is -1.24. The van der Waals surface area contributed by atoms with Gasteiger partial charge in [-0.05, 0) is 35.2 Å². The topological polar surface area (TPSA) is 160 Å². The van der Waals surface area contributed by atoms with Crippen molar-refractivity contribution in [1.82, 2.24) is 19.5 Å². The van der Waals surface area contributed by atoms with Crippen LogP contribution in [0.3, 0.4) is 0 Å². The maximum Gasteiger partial charge on any atom is 0.228 e. The fourth-order valence-corrected chi connectivity index (χ4v) is 5.08. The molecule has 11 nitrogen and oxygen atoms in total. The Hall–Kier alpha value is -4.03. The molecule has 2 aromatic heterocycles. The van der Waals surface area contributed by atoms with Crippen molar-refractivity contribution in [2.24, 2.45) is 0 Å². The van der Waals surface area contributed by atoms with Crippen LogP contribution in [0.1, 0.15) is 54.8 Å². The number of fused-ring (bicyclic) bond motifs is 1. The molecule has 1 saturated heterocycles. The summed E-state index contributed by atoms with van der Waals surface area (Å²) in [6.45, 7) is 1.64. The van der Waals surface area contributed by atoms with Crippen LogP contribution in [-0.4, -0.2) is 71.4 Å². The number of aliphatic hydroxyl groups is 3. The maximum atomic E-state index is 12.6.